The number of pyridine rings is 1. The Balaban J connectivity index is 2.27. The van der Waals surface area contributed by atoms with Gasteiger partial charge >= 0.3 is 5.69 Å². The van der Waals surface area contributed by atoms with Gasteiger partial charge in [-0.1, -0.05) is 6.07 Å². The van der Waals surface area contributed by atoms with E-state index in [0.717, 1.165) is 16.8 Å². The maximum Gasteiger partial charge on any atom is 0.311 e. The van der Waals surface area contributed by atoms with Crippen molar-refractivity contribution in [3.63, 3.8) is 0 Å². The topological polar surface area (TPSA) is 89.0 Å². The van der Waals surface area contributed by atoms with Gasteiger partial charge in [-0.15, -0.1) is 11.8 Å². The summed E-state index contributed by atoms with van der Waals surface area (Å²) < 4.78 is 4.99. The molecule has 1 heterocycles. The fourth-order valence-corrected chi connectivity index (χ4v) is 3.21. The maximum absolute atomic E-state index is 11.1. The van der Waals surface area contributed by atoms with Crippen molar-refractivity contribution < 1.29 is 9.66 Å². The van der Waals surface area contributed by atoms with Crippen LogP contribution in [0.15, 0.2) is 29.3 Å². The summed E-state index contributed by atoms with van der Waals surface area (Å²) in [7, 11) is 1.40. The monoisotopic (exact) mass is 329 g/mol. The van der Waals surface area contributed by atoms with E-state index in [-0.39, 0.29) is 11.4 Å². The Labute approximate surface area is 138 Å². The summed E-state index contributed by atoms with van der Waals surface area (Å²) >= 11 is 1.39. The van der Waals surface area contributed by atoms with Crippen molar-refractivity contribution in [2.24, 2.45) is 0 Å². The van der Waals surface area contributed by atoms with E-state index in [9.17, 15) is 15.4 Å². The number of aromatic nitrogens is 1. The van der Waals surface area contributed by atoms with Gasteiger partial charge in [-0.25, -0.2) is 4.98 Å². The average molecular weight is 329 g/mol. The summed E-state index contributed by atoms with van der Waals surface area (Å²) in [6.45, 7) is 3.74. The van der Waals surface area contributed by atoms with Crippen molar-refractivity contribution >= 4 is 17.4 Å². The van der Waals surface area contributed by atoms with E-state index >= 15 is 0 Å². The highest BCUT2D eigenvalue weighted by Crippen LogP contribution is 2.31. The van der Waals surface area contributed by atoms with E-state index in [1.165, 1.54) is 24.9 Å². The molecule has 0 atom stereocenters. The molecule has 23 heavy (non-hydrogen) atoms. The third-order valence-electron chi connectivity index (χ3n) is 3.24. The molecule has 0 aliphatic heterocycles. The van der Waals surface area contributed by atoms with Gasteiger partial charge < -0.3 is 4.74 Å². The van der Waals surface area contributed by atoms with Crippen LogP contribution in [0.3, 0.4) is 0 Å². The van der Waals surface area contributed by atoms with E-state index in [1.807, 2.05) is 19.9 Å². The molecule has 0 amide bonds. The number of ether oxygens (including phenoxy) is 1. The smallest absolute Gasteiger partial charge is 0.311 e. The van der Waals surface area contributed by atoms with Crippen LogP contribution in [0, 0.1) is 35.3 Å². The van der Waals surface area contributed by atoms with Gasteiger partial charge in [-0.3, -0.25) is 10.1 Å². The van der Waals surface area contributed by atoms with E-state index < -0.39 is 4.92 Å². The molecule has 2 rings (SSSR count). The Morgan fingerprint density at radius 3 is 2.74 bits per heavy atom. The molecule has 7 heteroatoms. The fraction of sp³-hybridized carbons (Fsp3) is 0.250. The third-order valence-corrected chi connectivity index (χ3v) is 4.29. The molecule has 0 spiro atoms. The number of methoxy groups -OCH3 is 1. The van der Waals surface area contributed by atoms with Crippen molar-refractivity contribution in [2.45, 2.75) is 24.6 Å². The molecule has 0 fully saturated rings. The molecular formula is C16H15N3O3S. The van der Waals surface area contributed by atoms with Crippen molar-refractivity contribution in [1.82, 2.24) is 4.98 Å². The molecule has 0 N–H and O–H groups in total. The first-order valence-electron chi connectivity index (χ1n) is 6.78. The van der Waals surface area contributed by atoms with Gasteiger partial charge in [0.2, 0.25) is 0 Å². The van der Waals surface area contributed by atoms with E-state index in [0.29, 0.717) is 16.3 Å². The third kappa shape index (κ3) is 3.79. The molecule has 118 valence electrons. The number of nitro benzene ring substituents is 1. The largest absolute Gasteiger partial charge is 0.490 e. The number of hydrogen-bond acceptors (Lipinski definition) is 6. The number of aryl methyl sites for hydroxylation is 2. The molecule has 1 aromatic carbocycles. The van der Waals surface area contributed by atoms with Crippen LogP contribution in [0.25, 0.3) is 0 Å². The van der Waals surface area contributed by atoms with E-state index in [2.05, 4.69) is 11.1 Å². The Morgan fingerprint density at radius 2 is 2.13 bits per heavy atom. The minimum absolute atomic E-state index is 0.0699. The molecule has 0 saturated carbocycles. The minimum Gasteiger partial charge on any atom is -0.490 e. The standard InChI is InChI=1S/C16H15N3O3S/c1-10-6-11(2)18-16(13(10)8-17)23-9-12-4-5-15(22-3)14(7-12)19(20)21/h4-7H,9H2,1-3H3. The lowest BCUT2D eigenvalue weighted by Gasteiger charge is -2.08. The Bertz CT molecular complexity index is 800. The summed E-state index contributed by atoms with van der Waals surface area (Å²) in [5.74, 6) is 0.709. The summed E-state index contributed by atoms with van der Waals surface area (Å²) in [5.41, 5.74) is 2.96. The summed E-state index contributed by atoms with van der Waals surface area (Å²) in [6, 6.07) is 8.86. The van der Waals surface area contributed by atoms with Gasteiger partial charge in [-0.2, -0.15) is 5.26 Å². The molecule has 0 unspecified atom stereocenters. The predicted octanol–water partition coefficient (Wildman–Crippen LogP) is 3.78. The van der Waals surface area contributed by atoms with Crippen LogP contribution in [0.2, 0.25) is 0 Å². The second-order valence-corrected chi connectivity index (χ2v) is 5.89. The molecular weight excluding hydrogens is 314 g/mol. The van der Waals surface area contributed by atoms with Crippen LogP contribution in [0.1, 0.15) is 22.4 Å². The number of benzene rings is 1. The van der Waals surface area contributed by atoms with Gasteiger partial charge in [0.05, 0.1) is 17.6 Å². The first kappa shape index (κ1) is 16.8. The number of nitro groups is 1. The predicted molar refractivity (Wildman–Crippen MR) is 87.6 cm³/mol. The average Bonchev–Trinajstić information content (AvgIpc) is 2.52. The van der Waals surface area contributed by atoms with Crippen molar-refractivity contribution in [1.29, 1.82) is 5.26 Å². The van der Waals surface area contributed by atoms with E-state index in [4.69, 9.17) is 4.74 Å². The van der Waals surface area contributed by atoms with Crippen LogP contribution in [0.4, 0.5) is 5.69 Å². The molecule has 0 radical (unpaired) electrons. The van der Waals surface area contributed by atoms with Crippen molar-refractivity contribution in [3.8, 4) is 11.8 Å². The van der Waals surface area contributed by atoms with Gasteiger partial charge in [0.15, 0.2) is 5.75 Å². The van der Waals surface area contributed by atoms with Gasteiger partial charge in [-0.05, 0) is 37.1 Å². The Hall–Kier alpha value is -2.59. The highest BCUT2D eigenvalue weighted by atomic mass is 32.2. The molecule has 0 saturated heterocycles. The molecule has 0 bridgehead atoms. The van der Waals surface area contributed by atoms with E-state index in [1.54, 1.807) is 12.1 Å². The molecule has 2 aromatic rings. The van der Waals surface area contributed by atoms with Crippen LogP contribution in [-0.4, -0.2) is 17.0 Å². The van der Waals surface area contributed by atoms with Gasteiger partial charge in [0.25, 0.3) is 0 Å². The number of hydrogen-bond donors (Lipinski definition) is 0. The molecule has 0 aliphatic carbocycles. The van der Waals surface area contributed by atoms with Crippen LogP contribution < -0.4 is 4.74 Å². The molecule has 0 aliphatic rings. The lowest BCUT2D eigenvalue weighted by atomic mass is 10.1. The normalized spacial score (nSPS) is 10.2. The number of rotatable bonds is 5. The zero-order valence-electron chi connectivity index (χ0n) is 13.0. The van der Waals surface area contributed by atoms with Crippen LogP contribution >= 0.6 is 11.8 Å². The van der Waals surface area contributed by atoms with Crippen molar-refractivity contribution in [3.05, 3.63) is 56.8 Å². The fourth-order valence-electron chi connectivity index (χ4n) is 2.16. The first-order chi connectivity index (χ1) is 11.0. The summed E-state index contributed by atoms with van der Waals surface area (Å²) in [4.78, 5) is 15.0. The number of nitriles is 1. The summed E-state index contributed by atoms with van der Waals surface area (Å²) in [5, 5.41) is 21.0. The van der Waals surface area contributed by atoms with Gasteiger partial charge in [0.1, 0.15) is 11.1 Å². The number of nitrogens with zero attached hydrogens (tertiary/aromatic N) is 3. The first-order valence-corrected chi connectivity index (χ1v) is 7.77. The van der Waals surface area contributed by atoms with Gasteiger partial charge in [0, 0.05) is 17.5 Å². The van der Waals surface area contributed by atoms with Crippen LogP contribution in [0.5, 0.6) is 5.75 Å². The quantitative estimate of drug-likeness (QED) is 0.471. The summed E-state index contributed by atoms with van der Waals surface area (Å²) in [6.07, 6.45) is 0. The lowest BCUT2D eigenvalue weighted by molar-refractivity contribution is -0.385. The second kappa shape index (κ2) is 7.11. The Kier molecular flexibility index (Phi) is 5.19. The molecule has 6 nitrogen and oxygen atoms in total. The lowest BCUT2D eigenvalue weighted by Crippen LogP contribution is -1.96. The highest BCUT2D eigenvalue weighted by Gasteiger charge is 2.16. The van der Waals surface area contributed by atoms with Crippen molar-refractivity contribution in [2.75, 3.05) is 7.11 Å². The second-order valence-electron chi connectivity index (χ2n) is 4.92. The van der Waals surface area contributed by atoms with Crippen LogP contribution in [-0.2, 0) is 5.75 Å². The number of thioether (sulfide) groups is 1. The molecule has 1 aromatic heterocycles. The highest BCUT2D eigenvalue weighted by molar-refractivity contribution is 7.98. The Morgan fingerprint density at radius 1 is 1.39 bits per heavy atom. The zero-order valence-corrected chi connectivity index (χ0v) is 13.8. The zero-order chi connectivity index (χ0) is 17.0. The SMILES string of the molecule is COc1ccc(CSc2nc(C)cc(C)c2C#N)cc1[N+](=O)[O-]. The minimum atomic E-state index is -0.469. The maximum atomic E-state index is 11.1.